The third kappa shape index (κ3) is 3.49. The lowest BCUT2D eigenvalue weighted by atomic mass is 10.4. The van der Waals surface area contributed by atoms with Gasteiger partial charge in [0.05, 0.1) is 6.04 Å². The van der Waals surface area contributed by atoms with Crippen LogP contribution in [0.1, 0.15) is 40.3 Å². The van der Waals surface area contributed by atoms with Gasteiger partial charge in [0.1, 0.15) is 5.01 Å². The average molecular weight is 330 g/mol. The zero-order valence-electron chi connectivity index (χ0n) is 11.4. The van der Waals surface area contributed by atoms with Crippen LogP contribution in [-0.2, 0) is 16.4 Å². The highest BCUT2D eigenvalue weighted by molar-refractivity contribution is 7.89. The summed E-state index contributed by atoms with van der Waals surface area (Å²) in [7, 11) is -3.93. The van der Waals surface area contributed by atoms with Gasteiger partial charge < -0.3 is 9.52 Å². The van der Waals surface area contributed by atoms with E-state index in [1.165, 1.54) is 11.3 Å². The van der Waals surface area contributed by atoms with Crippen molar-refractivity contribution in [3.05, 3.63) is 34.0 Å². The highest BCUT2D eigenvalue weighted by Crippen LogP contribution is 2.23. The van der Waals surface area contributed by atoms with Crippen LogP contribution in [0.3, 0.4) is 0 Å². The largest absolute Gasteiger partial charge is 0.475 e. The summed E-state index contributed by atoms with van der Waals surface area (Å²) in [5.41, 5.74) is 0. The van der Waals surface area contributed by atoms with Gasteiger partial charge in [0.2, 0.25) is 10.9 Å². The minimum absolute atomic E-state index is 0.425. The lowest BCUT2D eigenvalue weighted by Crippen LogP contribution is -2.26. The molecular formula is C12H14N2O5S2. The number of carboxylic acids is 1. The Labute approximate surface area is 125 Å². The molecule has 114 valence electrons. The SMILES string of the molecule is CCc1cnc(C(C)NS(=O)(=O)c2ccc(C(=O)O)o2)s1. The first-order chi connectivity index (χ1) is 9.83. The summed E-state index contributed by atoms with van der Waals surface area (Å²) in [5.74, 6) is -1.75. The number of thiazole rings is 1. The van der Waals surface area contributed by atoms with Gasteiger partial charge in [0.15, 0.2) is 0 Å². The fourth-order valence-corrected chi connectivity index (χ4v) is 3.68. The van der Waals surface area contributed by atoms with Crippen LogP contribution in [-0.4, -0.2) is 24.5 Å². The number of aryl methyl sites for hydroxylation is 1. The molecule has 2 aromatic rings. The van der Waals surface area contributed by atoms with Gasteiger partial charge in [-0.1, -0.05) is 6.92 Å². The third-order valence-corrected chi connectivity index (χ3v) is 5.42. The van der Waals surface area contributed by atoms with Gasteiger partial charge in [0.25, 0.3) is 10.0 Å². The molecule has 2 aromatic heterocycles. The molecule has 9 heteroatoms. The maximum absolute atomic E-state index is 12.1. The van der Waals surface area contributed by atoms with Gasteiger partial charge in [-0.2, -0.15) is 4.72 Å². The van der Waals surface area contributed by atoms with E-state index >= 15 is 0 Å². The van der Waals surface area contributed by atoms with Crippen molar-refractivity contribution in [1.29, 1.82) is 0 Å². The molecule has 0 fully saturated rings. The molecule has 1 unspecified atom stereocenters. The molecule has 0 aliphatic rings. The number of carbonyl (C=O) groups is 1. The Balaban J connectivity index is 2.17. The van der Waals surface area contributed by atoms with Crippen LogP contribution >= 0.6 is 11.3 Å². The molecule has 21 heavy (non-hydrogen) atoms. The second kappa shape index (κ2) is 5.96. The van der Waals surface area contributed by atoms with E-state index < -0.39 is 32.9 Å². The predicted molar refractivity (Wildman–Crippen MR) is 75.9 cm³/mol. The van der Waals surface area contributed by atoms with E-state index in [2.05, 4.69) is 9.71 Å². The van der Waals surface area contributed by atoms with Gasteiger partial charge in [-0.05, 0) is 25.5 Å². The van der Waals surface area contributed by atoms with E-state index in [0.29, 0.717) is 5.01 Å². The quantitative estimate of drug-likeness (QED) is 0.838. The first kappa shape index (κ1) is 15.7. The summed E-state index contributed by atoms with van der Waals surface area (Å²) in [5, 5.41) is 8.94. The Morgan fingerprint density at radius 3 is 2.76 bits per heavy atom. The number of sulfonamides is 1. The van der Waals surface area contributed by atoms with Crippen LogP contribution in [0.5, 0.6) is 0 Å². The Morgan fingerprint density at radius 1 is 1.52 bits per heavy atom. The first-order valence-corrected chi connectivity index (χ1v) is 8.43. The second-order valence-electron chi connectivity index (χ2n) is 4.29. The van der Waals surface area contributed by atoms with E-state index in [4.69, 9.17) is 9.52 Å². The Kier molecular flexibility index (Phi) is 4.45. The monoisotopic (exact) mass is 330 g/mol. The molecule has 0 spiro atoms. The second-order valence-corrected chi connectivity index (χ2v) is 7.08. The number of aromatic carboxylic acids is 1. The minimum atomic E-state index is -3.93. The summed E-state index contributed by atoms with van der Waals surface area (Å²) < 4.78 is 31.4. The molecule has 0 radical (unpaired) electrons. The van der Waals surface area contributed by atoms with E-state index in [1.54, 1.807) is 13.1 Å². The number of hydrogen-bond acceptors (Lipinski definition) is 6. The normalized spacial score (nSPS) is 13.2. The number of nitrogens with zero attached hydrogens (tertiary/aromatic N) is 1. The van der Waals surface area contributed by atoms with Crippen LogP contribution in [0.4, 0.5) is 0 Å². The molecule has 2 rings (SSSR count). The molecule has 2 heterocycles. The number of rotatable bonds is 6. The van der Waals surface area contributed by atoms with Crippen LogP contribution in [0.15, 0.2) is 27.8 Å². The Bertz CT molecular complexity index is 747. The fraction of sp³-hybridized carbons (Fsp3) is 0.333. The average Bonchev–Trinajstić information content (AvgIpc) is 3.07. The molecule has 7 nitrogen and oxygen atoms in total. The fourth-order valence-electron chi connectivity index (χ4n) is 1.61. The first-order valence-electron chi connectivity index (χ1n) is 6.13. The number of hydrogen-bond donors (Lipinski definition) is 2. The number of aromatic nitrogens is 1. The maximum Gasteiger partial charge on any atom is 0.371 e. The molecule has 0 aliphatic heterocycles. The lowest BCUT2D eigenvalue weighted by Gasteiger charge is -2.09. The van der Waals surface area contributed by atoms with Crippen molar-refractivity contribution in [2.24, 2.45) is 0 Å². The standard InChI is InChI=1S/C12H14N2O5S2/c1-3-8-6-13-11(20-8)7(2)14-21(17,18)10-5-4-9(19-10)12(15)16/h4-7,14H,3H2,1-2H3,(H,15,16). The van der Waals surface area contributed by atoms with E-state index in [1.807, 2.05) is 6.92 Å². The van der Waals surface area contributed by atoms with Crippen molar-refractivity contribution in [2.45, 2.75) is 31.4 Å². The summed E-state index contributed by atoms with van der Waals surface area (Å²) in [6.07, 6.45) is 2.54. The molecule has 0 aliphatic carbocycles. The smallest absolute Gasteiger partial charge is 0.371 e. The summed E-state index contributed by atoms with van der Waals surface area (Å²) in [6, 6.07) is 1.68. The summed E-state index contributed by atoms with van der Waals surface area (Å²) >= 11 is 1.42. The van der Waals surface area contributed by atoms with Crippen LogP contribution in [0.25, 0.3) is 0 Å². The zero-order chi connectivity index (χ0) is 15.6. The molecule has 0 bridgehead atoms. The van der Waals surface area contributed by atoms with E-state index in [-0.39, 0.29) is 0 Å². The van der Waals surface area contributed by atoms with Crippen molar-refractivity contribution >= 4 is 27.3 Å². The van der Waals surface area contributed by atoms with Gasteiger partial charge in [-0.15, -0.1) is 11.3 Å². The van der Waals surface area contributed by atoms with Gasteiger partial charge in [-0.3, -0.25) is 0 Å². The molecule has 0 saturated heterocycles. The van der Waals surface area contributed by atoms with Gasteiger partial charge in [0, 0.05) is 11.1 Å². The molecule has 1 atom stereocenters. The van der Waals surface area contributed by atoms with Crippen molar-refractivity contribution in [3.8, 4) is 0 Å². The maximum atomic E-state index is 12.1. The van der Waals surface area contributed by atoms with Crippen molar-refractivity contribution in [3.63, 3.8) is 0 Å². The van der Waals surface area contributed by atoms with Crippen LogP contribution in [0.2, 0.25) is 0 Å². The van der Waals surface area contributed by atoms with Crippen molar-refractivity contribution in [2.75, 3.05) is 0 Å². The minimum Gasteiger partial charge on any atom is -0.475 e. The molecule has 2 N–H and O–H groups in total. The summed E-state index contributed by atoms with van der Waals surface area (Å²) in [6.45, 7) is 3.65. The summed E-state index contributed by atoms with van der Waals surface area (Å²) in [4.78, 5) is 15.9. The van der Waals surface area contributed by atoms with E-state index in [9.17, 15) is 13.2 Å². The van der Waals surface area contributed by atoms with Crippen LogP contribution < -0.4 is 4.72 Å². The third-order valence-electron chi connectivity index (χ3n) is 2.68. The predicted octanol–water partition coefficient (Wildman–Crippen LogP) is 2.04. The molecular weight excluding hydrogens is 316 g/mol. The lowest BCUT2D eigenvalue weighted by molar-refractivity contribution is 0.0656. The highest BCUT2D eigenvalue weighted by atomic mass is 32.2. The number of carboxylic acid groups (broad SMARTS) is 1. The number of furan rings is 1. The van der Waals surface area contributed by atoms with Gasteiger partial charge >= 0.3 is 5.97 Å². The Hall–Kier alpha value is -1.71. The van der Waals surface area contributed by atoms with Crippen molar-refractivity contribution in [1.82, 2.24) is 9.71 Å². The van der Waals surface area contributed by atoms with E-state index in [0.717, 1.165) is 23.4 Å². The Morgan fingerprint density at radius 2 is 2.24 bits per heavy atom. The highest BCUT2D eigenvalue weighted by Gasteiger charge is 2.24. The zero-order valence-corrected chi connectivity index (χ0v) is 13.0. The molecule has 0 aromatic carbocycles. The van der Waals surface area contributed by atoms with Crippen molar-refractivity contribution < 1.29 is 22.7 Å². The topological polar surface area (TPSA) is 110 Å². The molecule has 0 amide bonds. The molecule has 0 saturated carbocycles. The van der Waals surface area contributed by atoms with Crippen LogP contribution in [0, 0.1) is 0 Å². The number of nitrogens with one attached hydrogen (secondary N) is 1. The van der Waals surface area contributed by atoms with Gasteiger partial charge in [-0.25, -0.2) is 18.2 Å².